The Kier molecular flexibility index (Phi) is 3.57. The summed E-state index contributed by atoms with van der Waals surface area (Å²) in [7, 11) is 1.27. The van der Waals surface area contributed by atoms with Gasteiger partial charge in [-0.15, -0.1) is 0 Å². The molecule has 0 saturated heterocycles. The molecule has 0 aliphatic heterocycles. The van der Waals surface area contributed by atoms with Crippen molar-refractivity contribution in [2.75, 3.05) is 12.8 Å². The number of furan rings is 1. The SMILES string of the molecule is COC(=O)c1ccc(Sc2ccc(N)c(F)c2)o1. The molecule has 0 amide bonds. The zero-order chi connectivity index (χ0) is 13.1. The van der Waals surface area contributed by atoms with Crippen molar-refractivity contribution in [3.63, 3.8) is 0 Å². The lowest BCUT2D eigenvalue weighted by atomic mass is 10.3. The summed E-state index contributed by atoms with van der Waals surface area (Å²) >= 11 is 1.19. The first-order valence-electron chi connectivity index (χ1n) is 5.01. The van der Waals surface area contributed by atoms with Gasteiger partial charge >= 0.3 is 5.97 Å². The summed E-state index contributed by atoms with van der Waals surface area (Å²) in [5.74, 6) is -0.930. The zero-order valence-corrected chi connectivity index (χ0v) is 10.3. The lowest BCUT2D eigenvalue weighted by Crippen LogP contribution is -1.97. The Balaban J connectivity index is 2.16. The van der Waals surface area contributed by atoms with Crippen LogP contribution in [0.25, 0.3) is 0 Å². The number of anilines is 1. The van der Waals surface area contributed by atoms with Crippen molar-refractivity contribution in [1.29, 1.82) is 0 Å². The number of nitrogens with two attached hydrogens (primary N) is 1. The van der Waals surface area contributed by atoms with Crippen molar-refractivity contribution >= 4 is 23.4 Å². The van der Waals surface area contributed by atoms with E-state index in [1.54, 1.807) is 12.1 Å². The third kappa shape index (κ3) is 2.65. The van der Waals surface area contributed by atoms with Crippen LogP contribution in [0.15, 0.2) is 44.7 Å². The molecule has 18 heavy (non-hydrogen) atoms. The molecule has 0 fully saturated rings. The van der Waals surface area contributed by atoms with E-state index in [1.807, 2.05) is 0 Å². The second-order valence-electron chi connectivity index (χ2n) is 3.40. The number of rotatable bonds is 3. The van der Waals surface area contributed by atoms with Crippen molar-refractivity contribution in [2.24, 2.45) is 0 Å². The first-order valence-corrected chi connectivity index (χ1v) is 5.83. The Labute approximate surface area is 107 Å². The summed E-state index contributed by atoms with van der Waals surface area (Å²) in [4.78, 5) is 11.8. The van der Waals surface area contributed by atoms with Crippen molar-refractivity contribution < 1.29 is 18.3 Å². The number of carbonyl (C=O) groups excluding carboxylic acids is 1. The van der Waals surface area contributed by atoms with Crippen LogP contribution in [0.5, 0.6) is 0 Å². The quantitative estimate of drug-likeness (QED) is 0.684. The first kappa shape index (κ1) is 12.5. The first-order chi connectivity index (χ1) is 8.60. The molecule has 6 heteroatoms. The fourth-order valence-electron chi connectivity index (χ4n) is 1.27. The number of hydrogen-bond acceptors (Lipinski definition) is 5. The van der Waals surface area contributed by atoms with Crippen LogP contribution >= 0.6 is 11.8 Å². The number of halogens is 1. The van der Waals surface area contributed by atoms with Crippen molar-refractivity contribution in [2.45, 2.75) is 9.99 Å². The van der Waals surface area contributed by atoms with Gasteiger partial charge in [-0.1, -0.05) is 11.8 Å². The molecule has 1 aromatic heterocycles. The molecule has 2 N–H and O–H groups in total. The highest BCUT2D eigenvalue weighted by atomic mass is 32.2. The maximum Gasteiger partial charge on any atom is 0.374 e. The van der Waals surface area contributed by atoms with E-state index in [-0.39, 0.29) is 11.4 Å². The van der Waals surface area contributed by atoms with Gasteiger partial charge in [0, 0.05) is 4.90 Å². The van der Waals surface area contributed by atoms with E-state index in [4.69, 9.17) is 10.2 Å². The van der Waals surface area contributed by atoms with Gasteiger partial charge in [-0.25, -0.2) is 9.18 Å². The van der Waals surface area contributed by atoms with Crippen molar-refractivity contribution in [3.05, 3.63) is 41.9 Å². The summed E-state index contributed by atoms with van der Waals surface area (Å²) in [6, 6.07) is 7.57. The van der Waals surface area contributed by atoms with Gasteiger partial charge in [-0.05, 0) is 30.3 Å². The minimum Gasteiger partial charge on any atom is -0.463 e. The van der Waals surface area contributed by atoms with Gasteiger partial charge in [0.25, 0.3) is 0 Å². The monoisotopic (exact) mass is 267 g/mol. The molecule has 1 heterocycles. The molecule has 2 rings (SSSR count). The van der Waals surface area contributed by atoms with Crippen LogP contribution in [0.1, 0.15) is 10.6 Å². The van der Waals surface area contributed by atoms with E-state index in [1.165, 1.54) is 37.1 Å². The summed E-state index contributed by atoms with van der Waals surface area (Å²) in [6.45, 7) is 0. The predicted octanol–water partition coefficient (Wildman–Crippen LogP) is 2.94. The molecule has 0 aliphatic carbocycles. The van der Waals surface area contributed by atoms with Gasteiger partial charge in [-0.3, -0.25) is 0 Å². The molecule has 0 atom stereocenters. The lowest BCUT2D eigenvalue weighted by Gasteiger charge is -2.00. The van der Waals surface area contributed by atoms with Crippen LogP contribution in [0.2, 0.25) is 0 Å². The van der Waals surface area contributed by atoms with Gasteiger partial charge in [0.1, 0.15) is 5.82 Å². The maximum atomic E-state index is 13.2. The summed E-state index contributed by atoms with van der Waals surface area (Å²) in [5.41, 5.74) is 5.47. The van der Waals surface area contributed by atoms with Gasteiger partial charge < -0.3 is 14.9 Å². The summed E-state index contributed by atoms with van der Waals surface area (Å²) in [6.07, 6.45) is 0. The molecule has 94 valence electrons. The van der Waals surface area contributed by atoms with Gasteiger partial charge in [0.05, 0.1) is 12.8 Å². The minimum atomic E-state index is -0.551. The van der Waals surface area contributed by atoms with E-state index in [0.717, 1.165) is 0 Å². The van der Waals surface area contributed by atoms with E-state index in [0.29, 0.717) is 9.99 Å². The largest absolute Gasteiger partial charge is 0.463 e. The molecule has 4 nitrogen and oxygen atoms in total. The molecule has 0 bridgehead atoms. The maximum absolute atomic E-state index is 13.2. The van der Waals surface area contributed by atoms with Gasteiger partial charge in [0.2, 0.25) is 5.76 Å². The predicted molar refractivity (Wildman–Crippen MR) is 65.0 cm³/mol. The van der Waals surface area contributed by atoms with Crippen molar-refractivity contribution in [3.8, 4) is 0 Å². The molecule has 0 aliphatic rings. The summed E-state index contributed by atoms with van der Waals surface area (Å²) < 4.78 is 23.0. The standard InChI is InChI=1S/C12H10FNO3S/c1-16-12(15)10-4-5-11(17-10)18-7-2-3-9(14)8(13)6-7/h2-6H,14H2,1H3. The fourth-order valence-corrected chi connectivity index (χ4v) is 2.07. The third-order valence-electron chi connectivity index (χ3n) is 2.16. The topological polar surface area (TPSA) is 65.5 Å². The van der Waals surface area contributed by atoms with E-state index in [9.17, 15) is 9.18 Å². The molecule has 1 aromatic carbocycles. The second-order valence-corrected chi connectivity index (χ2v) is 4.47. The Hall–Kier alpha value is -1.95. The lowest BCUT2D eigenvalue weighted by molar-refractivity contribution is 0.0559. The highest BCUT2D eigenvalue weighted by molar-refractivity contribution is 7.99. The van der Waals surface area contributed by atoms with Gasteiger partial charge in [-0.2, -0.15) is 0 Å². The second kappa shape index (κ2) is 5.14. The number of esters is 1. The molecular formula is C12H10FNO3S. The molecule has 0 spiro atoms. The third-order valence-corrected chi connectivity index (χ3v) is 3.07. The van der Waals surface area contributed by atoms with Crippen LogP contribution in [0, 0.1) is 5.82 Å². The fraction of sp³-hybridized carbons (Fsp3) is 0.0833. The van der Waals surface area contributed by atoms with E-state index in [2.05, 4.69) is 4.74 Å². The Morgan fingerprint density at radius 3 is 2.83 bits per heavy atom. The Morgan fingerprint density at radius 2 is 2.17 bits per heavy atom. The number of carbonyl (C=O) groups is 1. The average molecular weight is 267 g/mol. The number of hydrogen-bond donors (Lipinski definition) is 1. The van der Waals surface area contributed by atoms with Crippen LogP contribution in [-0.4, -0.2) is 13.1 Å². The molecule has 0 unspecified atom stereocenters. The minimum absolute atomic E-state index is 0.0917. The Bertz CT molecular complexity index is 582. The average Bonchev–Trinajstić information content (AvgIpc) is 2.81. The highest BCUT2D eigenvalue weighted by Gasteiger charge is 2.12. The molecule has 2 aromatic rings. The van der Waals surface area contributed by atoms with Crippen LogP contribution in [-0.2, 0) is 4.74 Å². The van der Waals surface area contributed by atoms with Crippen molar-refractivity contribution in [1.82, 2.24) is 0 Å². The number of methoxy groups -OCH3 is 1. The number of ether oxygens (including phenoxy) is 1. The molecule has 0 radical (unpaired) electrons. The number of benzene rings is 1. The molecular weight excluding hydrogens is 257 g/mol. The normalized spacial score (nSPS) is 10.3. The van der Waals surface area contributed by atoms with Gasteiger partial charge in [0.15, 0.2) is 5.09 Å². The van der Waals surface area contributed by atoms with Crippen LogP contribution in [0.4, 0.5) is 10.1 Å². The van der Waals surface area contributed by atoms with Crippen LogP contribution < -0.4 is 5.73 Å². The highest BCUT2D eigenvalue weighted by Crippen LogP contribution is 2.30. The van der Waals surface area contributed by atoms with E-state index >= 15 is 0 Å². The zero-order valence-electron chi connectivity index (χ0n) is 9.48. The van der Waals surface area contributed by atoms with Crippen LogP contribution in [0.3, 0.4) is 0 Å². The summed E-state index contributed by atoms with van der Waals surface area (Å²) in [5, 5.41) is 0.472. The molecule has 0 saturated carbocycles. The smallest absolute Gasteiger partial charge is 0.374 e. The Morgan fingerprint density at radius 1 is 1.39 bits per heavy atom. The van der Waals surface area contributed by atoms with E-state index < -0.39 is 11.8 Å². The number of nitrogen functional groups attached to an aromatic ring is 1.